The van der Waals surface area contributed by atoms with E-state index in [-0.39, 0.29) is 28.7 Å². The lowest BCUT2D eigenvalue weighted by Crippen LogP contribution is -2.01. The van der Waals surface area contributed by atoms with Gasteiger partial charge in [-0.2, -0.15) is 0 Å². The fraction of sp³-hybridized carbons (Fsp3) is 0.208. The highest BCUT2D eigenvalue weighted by molar-refractivity contribution is 9.09. The maximum absolute atomic E-state index is 15.2. The lowest BCUT2D eigenvalue weighted by molar-refractivity contribution is 0.112. The monoisotopic (exact) mass is 506 g/mol. The Morgan fingerprint density at radius 1 is 1.06 bits per heavy atom. The standard InChI is InChI=1S/C24H21BrClFO4/c25-9-1-2-10-30-19-7-3-5-16(11-19)20-8-4-6-17(24(20)27)15-31-23-13-22(29)18(14-28)12-21(23)26/h3-8,11-14,29H,1-2,9-10,15H2. The van der Waals surface area contributed by atoms with Gasteiger partial charge in [0, 0.05) is 22.5 Å². The summed E-state index contributed by atoms with van der Waals surface area (Å²) in [7, 11) is 0. The van der Waals surface area contributed by atoms with Crippen LogP contribution in [-0.2, 0) is 6.61 Å². The molecule has 31 heavy (non-hydrogen) atoms. The molecule has 0 aliphatic rings. The molecule has 0 fully saturated rings. The number of carbonyl (C=O) groups is 1. The summed E-state index contributed by atoms with van der Waals surface area (Å²) in [5.41, 5.74) is 1.51. The highest BCUT2D eigenvalue weighted by Crippen LogP contribution is 2.33. The summed E-state index contributed by atoms with van der Waals surface area (Å²) in [6.45, 7) is 0.504. The number of benzene rings is 3. The molecule has 0 radical (unpaired) electrons. The van der Waals surface area contributed by atoms with Crippen LogP contribution in [0.4, 0.5) is 4.39 Å². The molecule has 0 aromatic heterocycles. The number of phenolic OH excluding ortho intramolecular Hbond substituents is 1. The van der Waals surface area contributed by atoms with E-state index in [1.54, 1.807) is 18.2 Å². The van der Waals surface area contributed by atoms with Crippen molar-refractivity contribution in [2.24, 2.45) is 0 Å². The number of carbonyl (C=O) groups excluding carboxylic acids is 1. The van der Waals surface area contributed by atoms with Gasteiger partial charge in [0.25, 0.3) is 0 Å². The second kappa shape index (κ2) is 11.2. The van der Waals surface area contributed by atoms with Crippen LogP contribution in [0, 0.1) is 5.82 Å². The summed E-state index contributed by atoms with van der Waals surface area (Å²) in [4.78, 5) is 10.9. The van der Waals surface area contributed by atoms with E-state index in [0.717, 1.165) is 18.2 Å². The number of hydrogen-bond donors (Lipinski definition) is 1. The molecule has 3 rings (SSSR count). The molecule has 0 aliphatic carbocycles. The molecule has 162 valence electrons. The van der Waals surface area contributed by atoms with Gasteiger partial charge in [-0.3, -0.25) is 4.79 Å². The van der Waals surface area contributed by atoms with Crippen molar-refractivity contribution in [3.8, 4) is 28.4 Å². The molecule has 4 nitrogen and oxygen atoms in total. The summed E-state index contributed by atoms with van der Waals surface area (Å²) in [5.74, 6) is 0.180. The number of rotatable bonds is 10. The number of phenols is 1. The van der Waals surface area contributed by atoms with E-state index in [0.29, 0.717) is 35.3 Å². The summed E-state index contributed by atoms with van der Waals surface area (Å²) in [5, 5.41) is 10.9. The maximum Gasteiger partial charge on any atom is 0.153 e. The Labute approximate surface area is 193 Å². The number of ether oxygens (including phenoxy) is 2. The number of unbranched alkanes of at least 4 members (excludes halogenated alkanes) is 1. The van der Waals surface area contributed by atoms with Gasteiger partial charge in [0.1, 0.15) is 29.7 Å². The predicted molar refractivity (Wildman–Crippen MR) is 123 cm³/mol. The number of halogens is 3. The van der Waals surface area contributed by atoms with Crippen LogP contribution < -0.4 is 9.47 Å². The number of hydrogen-bond acceptors (Lipinski definition) is 4. The van der Waals surface area contributed by atoms with Crippen LogP contribution in [0.25, 0.3) is 11.1 Å². The van der Waals surface area contributed by atoms with Gasteiger partial charge < -0.3 is 14.6 Å². The second-order valence-electron chi connectivity index (χ2n) is 6.80. The largest absolute Gasteiger partial charge is 0.507 e. The van der Waals surface area contributed by atoms with Crippen molar-refractivity contribution in [2.45, 2.75) is 19.4 Å². The van der Waals surface area contributed by atoms with Gasteiger partial charge in [-0.25, -0.2) is 4.39 Å². The van der Waals surface area contributed by atoms with E-state index in [9.17, 15) is 9.90 Å². The maximum atomic E-state index is 15.2. The van der Waals surface area contributed by atoms with E-state index in [4.69, 9.17) is 21.1 Å². The molecule has 0 saturated heterocycles. The summed E-state index contributed by atoms with van der Waals surface area (Å²) < 4.78 is 26.5. The molecule has 0 aliphatic heterocycles. The van der Waals surface area contributed by atoms with Crippen molar-refractivity contribution in [1.82, 2.24) is 0 Å². The molecule has 0 atom stereocenters. The Morgan fingerprint density at radius 3 is 2.65 bits per heavy atom. The molecule has 0 unspecified atom stereocenters. The number of aldehydes is 1. The first-order valence-electron chi connectivity index (χ1n) is 9.70. The fourth-order valence-corrected chi connectivity index (χ4v) is 3.60. The molecule has 0 heterocycles. The van der Waals surface area contributed by atoms with Crippen LogP contribution in [0.3, 0.4) is 0 Å². The van der Waals surface area contributed by atoms with Crippen LogP contribution >= 0.6 is 27.5 Å². The van der Waals surface area contributed by atoms with Crippen molar-refractivity contribution in [1.29, 1.82) is 0 Å². The van der Waals surface area contributed by atoms with Crippen molar-refractivity contribution in [3.05, 3.63) is 76.6 Å². The van der Waals surface area contributed by atoms with E-state index in [1.165, 1.54) is 12.1 Å². The topological polar surface area (TPSA) is 55.8 Å². The molecule has 7 heteroatoms. The van der Waals surface area contributed by atoms with Crippen molar-refractivity contribution in [2.75, 3.05) is 11.9 Å². The smallest absolute Gasteiger partial charge is 0.153 e. The Kier molecular flexibility index (Phi) is 8.32. The zero-order valence-electron chi connectivity index (χ0n) is 16.6. The fourth-order valence-electron chi connectivity index (χ4n) is 2.97. The zero-order valence-corrected chi connectivity index (χ0v) is 19.0. The highest BCUT2D eigenvalue weighted by atomic mass is 79.9. The minimum absolute atomic E-state index is 0.0554. The number of alkyl halides is 1. The predicted octanol–water partition coefficient (Wildman–Crippen LogP) is 6.80. The van der Waals surface area contributed by atoms with Crippen molar-refractivity contribution >= 4 is 33.8 Å². The van der Waals surface area contributed by atoms with Gasteiger partial charge in [0.05, 0.1) is 17.2 Å². The van der Waals surface area contributed by atoms with Crippen LogP contribution in [0.15, 0.2) is 54.6 Å². The lowest BCUT2D eigenvalue weighted by Gasteiger charge is -2.13. The van der Waals surface area contributed by atoms with Gasteiger partial charge in [-0.15, -0.1) is 0 Å². The molecule has 3 aromatic rings. The quantitative estimate of drug-likeness (QED) is 0.186. The molecular formula is C24H21BrClFO4. The molecule has 0 bridgehead atoms. The summed E-state index contributed by atoms with van der Waals surface area (Å²) in [6.07, 6.45) is 2.45. The second-order valence-corrected chi connectivity index (χ2v) is 8.00. The first-order chi connectivity index (χ1) is 15.0. The highest BCUT2D eigenvalue weighted by Gasteiger charge is 2.13. The van der Waals surface area contributed by atoms with Gasteiger partial charge in [0.15, 0.2) is 6.29 Å². The normalized spacial score (nSPS) is 10.7. The van der Waals surface area contributed by atoms with Gasteiger partial charge in [-0.05, 0) is 36.6 Å². The third-order valence-corrected chi connectivity index (χ3v) is 5.47. The average Bonchev–Trinajstić information content (AvgIpc) is 2.78. The van der Waals surface area contributed by atoms with E-state index >= 15 is 4.39 Å². The van der Waals surface area contributed by atoms with E-state index < -0.39 is 5.82 Å². The van der Waals surface area contributed by atoms with Gasteiger partial charge in [-0.1, -0.05) is 57.9 Å². The summed E-state index contributed by atoms with van der Waals surface area (Å²) >= 11 is 9.48. The van der Waals surface area contributed by atoms with Crippen molar-refractivity contribution in [3.63, 3.8) is 0 Å². The molecule has 0 spiro atoms. The minimum Gasteiger partial charge on any atom is -0.507 e. The third-order valence-electron chi connectivity index (χ3n) is 4.61. The Morgan fingerprint density at radius 2 is 1.87 bits per heavy atom. The van der Waals surface area contributed by atoms with Crippen LogP contribution in [0.1, 0.15) is 28.8 Å². The number of aromatic hydroxyl groups is 1. The summed E-state index contributed by atoms with van der Waals surface area (Å²) in [6, 6.07) is 14.9. The van der Waals surface area contributed by atoms with Crippen molar-refractivity contribution < 1.29 is 23.8 Å². The molecule has 0 saturated carbocycles. The van der Waals surface area contributed by atoms with E-state index in [1.807, 2.05) is 24.3 Å². The molecular weight excluding hydrogens is 487 g/mol. The first-order valence-corrected chi connectivity index (χ1v) is 11.2. The van der Waals surface area contributed by atoms with Crippen LogP contribution in [-0.4, -0.2) is 23.3 Å². The van der Waals surface area contributed by atoms with Gasteiger partial charge in [0.2, 0.25) is 0 Å². The third kappa shape index (κ3) is 5.99. The zero-order chi connectivity index (χ0) is 22.2. The molecule has 1 N–H and O–H groups in total. The average molecular weight is 508 g/mol. The van der Waals surface area contributed by atoms with Gasteiger partial charge >= 0.3 is 0 Å². The van der Waals surface area contributed by atoms with Crippen LogP contribution in [0.2, 0.25) is 5.02 Å². The van der Waals surface area contributed by atoms with E-state index in [2.05, 4.69) is 15.9 Å². The lowest BCUT2D eigenvalue weighted by atomic mass is 10.0. The first kappa shape index (κ1) is 23.1. The van der Waals surface area contributed by atoms with Crippen LogP contribution in [0.5, 0.6) is 17.2 Å². The molecule has 0 amide bonds. The Balaban J connectivity index is 1.76. The Hall–Kier alpha value is -2.57. The Bertz CT molecular complexity index is 1060. The molecule has 3 aromatic carbocycles. The SMILES string of the molecule is O=Cc1cc(Cl)c(OCc2cccc(-c3cccc(OCCCCBr)c3)c2F)cc1O. The minimum atomic E-state index is -0.413.